The molecule has 0 bridgehead atoms. The van der Waals surface area contributed by atoms with Gasteiger partial charge < -0.3 is 15.6 Å². The smallest absolute Gasteiger partial charge is 0.277 e. The minimum atomic E-state index is -0.400. The monoisotopic (exact) mass is 221 g/mol. The van der Waals surface area contributed by atoms with Gasteiger partial charge in [-0.1, -0.05) is 0 Å². The van der Waals surface area contributed by atoms with Crippen molar-refractivity contribution in [2.24, 2.45) is 7.05 Å². The highest BCUT2D eigenvalue weighted by atomic mass is 16.6. The number of hydrogen-bond acceptors (Lipinski definition) is 5. The molecule has 0 unspecified atom stereocenters. The third-order valence-corrected chi connectivity index (χ3v) is 2.08. The maximum absolute atomic E-state index is 11.5. The Balaban J connectivity index is 1.96. The lowest BCUT2D eigenvalue weighted by atomic mass is 10.3. The molecule has 0 atom stereocenters. The van der Waals surface area contributed by atoms with Crippen LogP contribution in [0.4, 0.5) is 5.82 Å². The lowest BCUT2D eigenvalue weighted by Gasteiger charge is -2.00. The van der Waals surface area contributed by atoms with Gasteiger partial charge in [0, 0.05) is 26.0 Å². The maximum atomic E-state index is 11.5. The van der Waals surface area contributed by atoms with Crippen molar-refractivity contribution in [1.29, 1.82) is 0 Å². The summed E-state index contributed by atoms with van der Waals surface area (Å²) in [5.41, 5.74) is 6.38. The molecule has 2 aromatic heterocycles. The fraction of sp³-hybridized carbons (Fsp3) is 0.222. The number of aromatic nitrogens is 3. The predicted molar refractivity (Wildman–Crippen MR) is 55.3 cm³/mol. The molecular formula is C9H11N5O2. The number of nitrogens with zero attached hydrogens (tertiary/aromatic N) is 3. The van der Waals surface area contributed by atoms with E-state index in [9.17, 15) is 4.79 Å². The van der Waals surface area contributed by atoms with Gasteiger partial charge in [-0.2, -0.15) is 0 Å². The second-order valence-electron chi connectivity index (χ2n) is 3.37. The van der Waals surface area contributed by atoms with Crippen LogP contribution in [-0.2, 0) is 13.6 Å². The Hall–Kier alpha value is -2.31. The van der Waals surface area contributed by atoms with Crippen LogP contribution in [0.15, 0.2) is 23.1 Å². The first-order chi connectivity index (χ1) is 7.66. The van der Waals surface area contributed by atoms with Crippen molar-refractivity contribution in [3.8, 4) is 0 Å². The van der Waals surface area contributed by atoms with Crippen LogP contribution in [0.5, 0.6) is 0 Å². The fourth-order valence-electron chi connectivity index (χ4n) is 1.28. The van der Waals surface area contributed by atoms with E-state index in [0.717, 1.165) is 5.56 Å². The van der Waals surface area contributed by atoms with Gasteiger partial charge in [-0.25, -0.2) is 4.63 Å². The Labute approximate surface area is 91.2 Å². The van der Waals surface area contributed by atoms with E-state index in [1.807, 2.05) is 30.1 Å². The largest absolute Gasteiger partial charge is 0.379 e. The number of hydrogen-bond donors (Lipinski definition) is 2. The normalized spacial score (nSPS) is 10.3. The van der Waals surface area contributed by atoms with Crippen LogP contribution in [-0.4, -0.2) is 20.8 Å². The van der Waals surface area contributed by atoms with Crippen molar-refractivity contribution in [2.45, 2.75) is 6.54 Å². The van der Waals surface area contributed by atoms with E-state index in [-0.39, 0.29) is 11.5 Å². The van der Waals surface area contributed by atoms with Gasteiger partial charge in [0.25, 0.3) is 5.91 Å². The quantitative estimate of drug-likeness (QED) is 0.755. The summed E-state index contributed by atoms with van der Waals surface area (Å²) < 4.78 is 6.23. The number of carbonyl (C=O) groups is 1. The summed E-state index contributed by atoms with van der Waals surface area (Å²) in [5.74, 6) is -0.409. The van der Waals surface area contributed by atoms with Gasteiger partial charge in [-0.05, 0) is 21.9 Å². The molecule has 84 valence electrons. The first kappa shape index (κ1) is 10.2. The highest BCUT2D eigenvalue weighted by Crippen LogP contribution is 2.04. The molecule has 2 rings (SSSR count). The number of nitrogens with two attached hydrogens (primary N) is 1. The van der Waals surface area contributed by atoms with Gasteiger partial charge >= 0.3 is 0 Å². The van der Waals surface area contributed by atoms with E-state index in [0.29, 0.717) is 6.54 Å². The van der Waals surface area contributed by atoms with E-state index in [1.54, 1.807) is 0 Å². The number of nitrogens with one attached hydrogen (secondary N) is 1. The molecule has 16 heavy (non-hydrogen) atoms. The van der Waals surface area contributed by atoms with Gasteiger partial charge in [0.1, 0.15) is 0 Å². The first-order valence-corrected chi connectivity index (χ1v) is 4.64. The molecule has 0 saturated carbocycles. The van der Waals surface area contributed by atoms with Crippen LogP contribution in [0, 0.1) is 0 Å². The van der Waals surface area contributed by atoms with Crippen molar-refractivity contribution in [3.05, 3.63) is 29.7 Å². The van der Waals surface area contributed by atoms with Crippen LogP contribution >= 0.6 is 0 Å². The number of aryl methyl sites for hydroxylation is 1. The number of amides is 1. The molecule has 7 heteroatoms. The van der Waals surface area contributed by atoms with Crippen molar-refractivity contribution in [2.75, 3.05) is 5.73 Å². The zero-order chi connectivity index (χ0) is 11.5. The highest BCUT2D eigenvalue weighted by Gasteiger charge is 2.15. The van der Waals surface area contributed by atoms with E-state index < -0.39 is 5.91 Å². The van der Waals surface area contributed by atoms with Crippen LogP contribution in [0.3, 0.4) is 0 Å². The molecule has 3 N–H and O–H groups in total. The van der Waals surface area contributed by atoms with Crippen molar-refractivity contribution < 1.29 is 9.42 Å². The molecule has 0 aliphatic heterocycles. The Bertz CT molecular complexity index is 501. The molecule has 0 aliphatic carbocycles. The van der Waals surface area contributed by atoms with Crippen LogP contribution in [0.25, 0.3) is 0 Å². The van der Waals surface area contributed by atoms with E-state index in [1.165, 1.54) is 0 Å². The molecule has 0 fully saturated rings. The topological polar surface area (TPSA) is 99.0 Å². The second kappa shape index (κ2) is 4.05. The van der Waals surface area contributed by atoms with E-state index in [2.05, 4.69) is 20.3 Å². The highest BCUT2D eigenvalue weighted by molar-refractivity contribution is 5.95. The molecule has 0 aliphatic rings. The number of carbonyl (C=O) groups excluding carboxylic acids is 1. The molecule has 7 nitrogen and oxygen atoms in total. The molecule has 0 saturated heterocycles. The summed E-state index contributed by atoms with van der Waals surface area (Å²) in [5, 5.41) is 9.39. The lowest BCUT2D eigenvalue weighted by molar-refractivity contribution is 0.0941. The Morgan fingerprint density at radius 3 is 3.00 bits per heavy atom. The molecule has 0 aromatic carbocycles. The minimum Gasteiger partial charge on any atom is -0.379 e. The zero-order valence-corrected chi connectivity index (χ0v) is 8.67. The van der Waals surface area contributed by atoms with Crippen LogP contribution in [0.2, 0.25) is 0 Å². The molecule has 1 amide bonds. The second-order valence-corrected chi connectivity index (χ2v) is 3.37. The van der Waals surface area contributed by atoms with E-state index in [4.69, 9.17) is 5.73 Å². The molecule has 2 aromatic rings. The van der Waals surface area contributed by atoms with Gasteiger partial charge in [0.2, 0.25) is 11.5 Å². The van der Waals surface area contributed by atoms with Crippen molar-refractivity contribution >= 4 is 11.7 Å². The molecular weight excluding hydrogens is 210 g/mol. The van der Waals surface area contributed by atoms with Gasteiger partial charge in [-0.15, -0.1) is 0 Å². The fourth-order valence-corrected chi connectivity index (χ4v) is 1.28. The Morgan fingerprint density at radius 1 is 1.62 bits per heavy atom. The summed E-state index contributed by atoms with van der Waals surface area (Å²) in [4.78, 5) is 11.5. The van der Waals surface area contributed by atoms with Gasteiger partial charge in [0.15, 0.2) is 0 Å². The summed E-state index contributed by atoms with van der Waals surface area (Å²) in [6.45, 7) is 0.409. The van der Waals surface area contributed by atoms with Crippen molar-refractivity contribution in [3.63, 3.8) is 0 Å². The van der Waals surface area contributed by atoms with Gasteiger partial charge in [0.05, 0.1) is 0 Å². The van der Waals surface area contributed by atoms with Crippen LogP contribution in [0.1, 0.15) is 16.1 Å². The number of anilines is 1. The Kier molecular flexibility index (Phi) is 2.59. The maximum Gasteiger partial charge on any atom is 0.277 e. The first-order valence-electron chi connectivity index (χ1n) is 4.64. The number of rotatable bonds is 3. The zero-order valence-electron chi connectivity index (χ0n) is 8.67. The third kappa shape index (κ3) is 2.02. The van der Waals surface area contributed by atoms with Crippen LogP contribution < -0.4 is 11.1 Å². The summed E-state index contributed by atoms with van der Waals surface area (Å²) in [6, 6.07) is 1.91. The number of nitrogen functional groups attached to an aromatic ring is 1. The predicted octanol–water partition coefficient (Wildman–Crippen LogP) is -0.0797. The van der Waals surface area contributed by atoms with Gasteiger partial charge in [-0.3, -0.25) is 4.79 Å². The molecule has 0 radical (unpaired) electrons. The summed E-state index contributed by atoms with van der Waals surface area (Å²) in [6.07, 6.45) is 3.80. The Morgan fingerprint density at radius 2 is 2.44 bits per heavy atom. The standard InChI is InChI=1S/C9H11N5O2/c1-14-3-2-6(5-14)4-11-9(15)7-8(10)13-16-12-7/h2-3,5H,4H2,1H3,(H2,10,13)(H,11,15). The van der Waals surface area contributed by atoms with E-state index >= 15 is 0 Å². The molecule has 0 spiro atoms. The summed E-state index contributed by atoms with van der Waals surface area (Å²) >= 11 is 0. The molecule has 2 heterocycles. The average molecular weight is 221 g/mol. The summed E-state index contributed by atoms with van der Waals surface area (Å²) in [7, 11) is 1.91. The lowest BCUT2D eigenvalue weighted by Crippen LogP contribution is -2.23. The third-order valence-electron chi connectivity index (χ3n) is 2.08. The van der Waals surface area contributed by atoms with Crippen molar-refractivity contribution in [1.82, 2.24) is 20.2 Å². The average Bonchev–Trinajstić information content (AvgIpc) is 2.84. The SMILES string of the molecule is Cn1ccc(CNC(=O)c2nonc2N)c1. The minimum absolute atomic E-state index is 0.00874.